The minimum absolute atomic E-state index is 0.0563. The van der Waals surface area contributed by atoms with Crippen LogP contribution in [-0.2, 0) is 17.5 Å². The van der Waals surface area contributed by atoms with Gasteiger partial charge in [-0.3, -0.25) is 0 Å². The quantitative estimate of drug-likeness (QED) is 0.867. The van der Waals surface area contributed by atoms with Crippen molar-refractivity contribution >= 4 is 0 Å². The second kappa shape index (κ2) is 5.26. The van der Waals surface area contributed by atoms with Crippen LogP contribution in [0.5, 0.6) is 0 Å². The molecule has 100 valence electrons. The van der Waals surface area contributed by atoms with Crippen LogP contribution in [0.2, 0.25) is 0 Å². The van der Waals surface area contributed by atoms with Crippen LogP contribution in [0.15, 0.2) is 24.3 Å². The highest BCUT2D eigenvalue weighted by Gasteiger charge is 2.33. The van der Waals surface area contributed by atoms with E-state index in [0.29, 0.717) is 6.61 Å². The molecule has 0 amide bonds. The highest BCUT2D eigenvalue weighted by atomic mass is 19.4. The number of rotatable bonds is 3. The maximum absolute atomic E-state index is 12.7. The molecule has 0 spiro atoms. The third-order valence-corrected chi connectivity index (χ3v) is 2.93. The van der Waals surface area contributed by atoms with Crippen molar-refractivity contribution in [3.05, 3.63) is 35.4 Å². The van der Waals surface area contributed by atoms with Gasteiger partial charge in [-0.05, 0) is 11.6 Å². The Bertz CT molecular complexity index is 409. The summed E-state index contributed by atoms with van der Waals surface area (Å²) in [5.41, 5.74) is -0.477. The van der Waals surface area contributed by atoms with Crippen molar-refractivity contribution in [2.24, 2.45) is 0 Å². The SMILES string of the molecule is OC1COCC1NCc1ccccc1C(F)(F)F. The lowest BCUT2D eigenvalue weighted by Gasteiger charge is -2.17. The van der Waals surface area contributed by atoms with Crippen molar-refractivity contribution in [3.63, 3.8) is 0 Å². The molecular formula is C12H14F3NO2. The second-order valence-electron chi connectivity index (χ2n) is 4.25. The number of aliphatic hydroxyl groups is 1. The molecule has 2 unspecified atom stereocenters. The van der Waals surface area contributed by atoms with E-state index in [1.54, 1.807) is 6.07 Å². The van der Waals surface area contributed by atoms with E-state index in [-0.39, 0.29) is 24.8 Å². The minimum atomic E-state index is -4.36. The Morgan fingerprint density at radius 2 is 2.00 bits per heavy atom. The van der Waals surface area contributed by atoms with Gasteiger partial charge in [-0.25, -0.2) is 0 Å². The predicted molar refractivity (Wildman–Crippen MR) is 58.9 cm³/mol. The fourth-order valence-electron chi connectivity index (χ4n) is 1.93. The number of hydrogen-bond acceptors (Lipinski definition) is 3. The van der Waals surface area contributed by atoms with E-state index in [9.17, 15) is 18.3 Å². The molecule has 6 heteroatoms. The third-order valence-electron chi connectivity index (χ3n) is 2.93. The Hall–Kier alpha value is -1.11. The first-order chi connectivity index (χ1) is 8.48. The summed E-state index contributed by atoms with van der Waals surface area (Å²) in [7, 11) is 0. The first-order valence-corrected chi connectivity index (χ1v) is 5.63. The number of halogens is 3. The van der Waals surface area contributed by atoms with Gasteiger partial charge in [0, 0.05) is 6.54 Å². The lowest BCUT2D eigenvalue weighted by molar-refractivity contribution is -0.138. The van der Waals surface area contributed by atoms with E-state index in [0.717, 1.165) is 6.07 Å². The summed E-state index contributed by atoms with van der Waals surface area (Å²) in [6, 6.07) is 5.09. The van der Waals surface area contributed by atoms with Crippen molar-refractivity contribution < 1.29 is 23.0 Å². The molecule has 0 aromatic heterocycles. The molecule has 1 heterocycles. The van der Waals surface area contributed by atoms with Crippen molar-refractivity contribution in [2.75, 3.05) is 13.2 Å². The fourth-order valence-corrected chi connectivity index (χ4v) is 1.93. The van der Waals surface area contributed by atoms with E-state index >= 15 is 0 Å². The monoisotopic (exact) mass is 261 g/mol. The molecule has 2 atom stereocenters. The van der Waals surface area contributed by atoms with Gasteiger partial charge in [-0.2, -0.15) is 13.2 Å². The minimum Gasteiger partial charge on any atom is -0.389 e. The van der Waals surface area contributed by atoms with E-state index < -0.39 is 17.8 Å². The van der Waals surface area contributed by atoms with Crippen molar-refractivity contribution in [3.8, 4) is 0 Å². The third kappa shape index (κ3) is 3.01. The Kier molecular flexibility index (Phi) is 3.89. The van der Waals surface area contributed by atoms with Crippen LogP contribution < -0.4 is 5.32 Å². The van der Waals surface area contributed by atoms with E-state index in [2.05, 4.69) is 5.32 Å². The van der Waals surface area contributed by atoms with E-state index in [1.165, 1.54) is 12.1 Å². The fraction of sp³-hybridized carbons (Fsp3) is 0.500. The van der Waals surface area contributed by atoms with Crippen LogP contribution in [0.25, 0.3) is 0 Å². The Labute approximate surface area is 103 Å². The topological polar surface area (TPSA) is 41.5 Å². The molecule has 2 N–H and O–H groups in total. The van der Waals surface area contributed by atoms with Crippen LogP contribution in [0.1, 0.15) is 11.1 Å². The van der Waals surface area contributed by atoms with Crippen molar-refractivity contribution in [1.82, 2.24) is 5.32 Å². The molecule has 18 heavy (non-hydrogen) atoms. The van der Waals surface area contributed by atoms with Crippen LogP contribution in [-0.4, -0.2) is 30.5 Å². The Balaban J connectivity index is 2.05. The number of alkyl halides is 3. The second-order valence-corrected chi connectivity index (χ2v) is 4.25. The summed E-state index contributed by atoms with van der Waals surface area (Å²) in [4.78, 5) is 0. The van der Waals surface area contributed by atoms with Gasteiger partial charge in [0.25, 0.3) is 0 Å². The average Bonchev–Trinajstić information content (AvgIpc) is 2.71. The zero-order valence-electron chi connectivity index (χ0n) is 9.57. The molecule has 0 aliphatic carbocycles. The number of hydrogen-bond donors (Lipinski definition) is 2. The first-order valence-electron chi connectivity index (χ1n) is 5.63. The van der Waals surface area contributed by atoms with Crippen molar-refractivity contribution in [1.29, 1.82) is 0 Å². The Morgan fingerprint density at radius 3 is 2.61 bits per heavy atom. The summed E-state index contributed by atoms with van der Waals surface area (Å²) in [5.74, 6) is 0. The molecule has 1 aliphatic heterocycles. The summed E-state index contributed by atoms with van der Waals surface area (Å²) in [5, 5.41) is 12.4. The van der Waals surface area contributed by atoms with Gasteiger partial charge in [0.2, 0.25) is 0 Å². The van der Waals surface area contributed by atoms with Gasteiger partial charge in [0.15, 0.2) is 0 Å². The number of nitrogens with one attached hydrogen (secondary N) is 1. The molecule has 1 aromatic carbocycles. The summed E-state index contributed by atoms with van der Waals surface area (Å²) >= 11 is 0. The average molecular weight is 261 g/mol. The highest BCUT2D eigenvalue weighted by Crippen LogP contribution is 2.31. The molecule has 0 bridgehead atoms. The summed E-state index contributed by atoms with van der Waals surface area (Å²) in [6.07, 6.45) is -5.02. The van der Waals surface area contributed by atoms with Gasteiger partial charge < -0.3 is 15.2 Å². The predicted octanol–water partition coefficient (Wildman–Crippen LogP) is 1.55. The lowest BCUT2D eigenvalue weighted by Crippen LogP contribution is -2.38. The number of benzene rings is 1. The summed E-state index contributed by atoms with van der Waals surface area (Å²) in [6.45, 7) is 0.592. The largest absolute Gasteiger partial charge is 0.416 e. The maximum atomic E-state index is 12.7. The zero-order valence-corrected chi connectivity index (χ0v) is 9.57. The van der Waals surface area contributed by atoms with Gasteiger partial charge in [0.1, 0.15) is 0 Å². The van der Waals surface area contributed by atoms with E-state index in [4.69, 9.17) is 4.74 Å². The molecule has 1 aromatic rings. The molecule has 0 radical (unpaired) electrons. The molecule has 1 saturated heterocycles. The molecule has 0 saturated carbocycles. The number of ether oxygens (including phenoxy) is 1. The van der Waals surface area contributed by atoms with Crippen LogP contribution in [0.4, 0.5) is 13.2 Å². The van der Waals surface area contributed by atoms with Gasteiger partial charge >= 0.3 is 6.18 Å². The van der Waals surface area contributed by atoms with Crippen LogP contribution in [0.3, 0.4) is 0 Å². The molecular weight excluding hydrogens is 247 g/mol. The normalized spacial score (nSPS) is 24.4. The number of aliphatic hydroxyl groups excluding tert-OH is 1. The van der Waals surface area contributed by atoms with Gasteiger partial charge in [-0.1, -0.05) is 18.2 Å². The van der Waals surface area contributed by atoms with Crippen LogP contribution in [0, 0.1) is 0 Å². The molecule has 2 rings (SSSR count). The highest BCUT2D eigenvalue weighted by molar-refractivity contribution is 5.29. The van der Waals surface area contributed by atoms with Crippen molar-refractivity contribution in [2.45, 2.75) is 24.9 Å². The van der Waals surface area contributed by atoms with Crippen LogP contribution >= 0.6 is 0 Å². The smallest absolute Gasteiger partial charge is 0.389 e. The molecule has 3 nitrogen and oxygen atoms in total. The lowest BCUT2D eigenvalue weighted by atomic mass is 10.1. The Morgan fingerprint density at radius 1 is 1.28 bits per heavy atom. The maximum Gasteiger partial charge on any atom is 0.416 e. The molecule has 1 fully saturated rings. The van der Waals surface area contributed by atoms with E-state index in [1.807, 2.05) is 0 Å². The molecule has 1 aliphatic rings. The standard InChI is InChI=1S/C12H14F3NO2/c13-12(14,15)9-4-2-1-3-8(9)5-16-10-6-18-7-11(10)17/h1-4,10-11,16-17H,5-7H2. The van der Waals surface area contributed by atoms with Gasteiger partial charge in [-0.15, -0.1) is 0 Å². The first kappa shape index (κ1) is 13.3. The van der Waals surface area contributed by atoms with Gasteiger partial charge in [0.05, 0.1) is 30.9 Å². The zero-order chi connectivity index (χ0) is 13.2. The summed E-state index contributed by atoms with van der Waals surface area (Å²) < 4.78 is 43.2.